The van der Waals surface area contributed by atoms with E-state index in [2.05, 4.69) is 53.6 Å². The average Bonchev–Trinajstić information content (AvgIpc) is 3.57. The molecule has 1 saturated heterocycles. The van der Waals surface area contributed by atoms with E-state index in [4.69, 9.17) is 14.5 Å². The van der Waals surface area contributed by atoms with Gasteiger partial charge in [-0.05, 0) is 44.6 Å². The Labute approximate surface area is 199 Å². The lowest BCUT2D eigenvalue weighted by atomic mass is 10.0. The zero-order chi connectivity index (χ0) is 20.3. The molecule has 1 unspecified atom stereocenters. The van der Waals surface area contributed by atoms with Crippen LogP contribution < -0.4 is 10.6 Å². The molecule has 2 aliphatic rings. The fraction of sp³-hybridized carbons (Fsp3) is 0.696. The maximum Gasteiger partial charge on any atom is 0.191 e. The van der Waals surface area contributed by atoms with E-state index in [1.807, 2.05) is 0 Å². The van der Waals surface area contributed by atoms with Crippen LogP contribution in [0.3, 0.4) is 0 Å². The fourth-order valence-corrected chi connectivity index (χ4v) is 3.54. The van der Waals surface area contributed by atoms with E-state index < -0.39 is 0 Å². The van der Waals surface area contributed by atoms with E-state index in [1.54, 1.807) is 0 Å². The van der Waals surface area contributed by atoms with Crippen LogP contribution in [-0.2, 0) is 9.47 Å². The van der Waals surface area contributed by atoms with Gasteiger partial charge >= 0.3 is 0 Å². The molecule has 1 aromatic carbocycles. The molecule has 170 valence electrons. The van der Waals surface area contributed by atoms with Crippen molar-refractivity contribution in [2.75, 3.05) is 59.2 Å². The van der Waals surface area contributed by atoms with E-state index >= 15 is 0 Å². The number of hydrogen-bond acceptors (Lipinski definition) is 4. The quantitative estimate of drug-likeness (QED) is 0.199. The van der Waals surface area contributed by atoms with E-state index in [9.17, 15) is 0 Å². The Hall–Kier alpha value is -0.900. The second-order valence-electron chi connectivity index (χ2n) is 8.09. The van der Waals surface area contributed by atoms with Gasteiger partial charge in [0.15, 0.2) is 5.96 Å². The highest BCUT2D eigenvalue weighted by Gasteiger charge is 2.23. The Kier molecular flexibility index (Phi) is 12.0. The molecule has 1 aliphatic heterocycles. The van der Waals surface area contributed by atoms with Crippen LogP contribution in [0.15, 0.2) is 29.3 Å². The summed E-state index contributed by atoms with van der Waals surface area (Å²) in [6, 6.07) is 9.14. The van der Waals surface area contributed by atoms with Crippen molar-refractivity contribution in [2.45, 2.75) is 39.2 Å². The molecule has 6 nitrogen and oxygen atoms in total. The van der Waals surface area contributed by atoms with Gasteiger partial charge in [-0.1, -0.05) is 29.8 Å². The number of hydrogen-bond donors (Lipinski definition) is 2. The second-order valence-corrected chi connectivity index (χ2v) is 8.09. The van der Waals surface area contributed by atoms with Crippen molar-refractivity contribution < 1.29 is 9.47 Å². The maximum atomic E-state index is 5.73. The summed E-state index contributed by atoms with van der Waals surface area (Å²) in [4.78, 5) is 7.41. The number of aliphatic imine (C=N–C) groups is 1. The summed E-state index contributed by atoms with van der Waals surface area (Å²) >= 11 is 0. The summed E-state index contributed by atoms with van der Waals surface area (Å²) in [6.07, 6.45) is 3.70. The molecule has 1 saturated carbocycles. The monoisotopic (exact) mass is 530 g/mol. The SMILES string of the molecule is CCNC(=NCC(c1ccc(C)cc1)N1CCOCC1)NCCCOCC1CC1.I. The van der Waals surface area contributed by atoms with Crippen LogP contribution in [0.1, 0.15) is 43.4 Å². The zero-order valence-electron chi connectivity index (χ0n) is 18.6. The molecule has 7 heteroatoms. The van der Waals surface area contributed by atoms with Crippen LogP contribution in [0.5, 0.6) is 0 Å². The van der Waals surface area contributed by atoms with Gasteiger partial charge in [0.1, 0.15) is 0 Å². The van der Waals surface area contributed by atoms with Crippen LogP contribution in [0.4, 0.5) is 0 Å². The average molecular weight is 530 g/mol. The molecule has 0 spiro atoms. The van der Waals surface area contributed by atoms with E-state index in [0.717, 1.165) is 77.4 Å². The molecule has 1 heterocycles. The normalized spacial score (nSPS) is 18.5. The minimum absolute atomic E-state index is 0. The molecule has 0 amide bonds. The molecule has 0 aromatic heterocycles. The molecular formula is C23H39IN4O2. The minimum Gasteiger partial charge on any atom is -0.381 e. The number of morpholine rings is 1. The number of nitrogens with zero attached hydrogens (tertiary/aromatic N) is 2. The summed E-state index contributed by atoms with van der Waals surface area (Å²) in [7, 11) is 0. The molecule has 1 atom stereocenters. The number of aryl methyl sites for hydroxylation is 1. The molecule has 3 rings (SSSR count). The lowest BCUT2D eigenvalue weighted by molar-refractivity contribution is 0.0179. The number of nitrogens with one attached hydrogen (secondary N) is 2. The van der Waals surface area contributed by atoms with Crippen LogP contribution in [0, 0.1) is 12.8 Å². The highest BCUT2D eigenvalue weighted by atomic mass is 127. The van der Waals surface area contributed by atoms with E-state index in [1.165, 1.54) is 24.0 Å². The Morgan fingerprint density at radius 3 is 2.60 bits per heavy atom. The highest BCUT2D eigenvalue weighted by Crippen LogP contribution is 2.28. The Bertz CT molecular complexity index is 616. The highest BCUT2D eigenvalue weighted by molar-refractivity contribution is 14.0. The predicted octanol–water partition coefficient (Wildman–Crippen LogP) is 3.36. The summed E-state index contributed by atoms with van der Waals surface area (Å²) in [5.74, 6) is 1.72. The molecule has 0 bridgehead atoms. The van der Waals surface area contributed by atoms with Gasteiger partial charge in [-0.3, -0.25) is 9.89 Å². The third-order valence-electron chi connectivity index (χ3n) is 5.52. The van der Waals surface area contributed by atoms with Gasteiger partial charge in [-0.15, -0.1) is 24.0 Å². The van der Waals surface area contributed by atoms with Gasteiger partial charge in [-0.25, -0.2) is 0 Å². The standard InChI is InChI=1S/C23H38N4O2.HI/c1-3-24-23(25-11-4-14-29-18-20-7-8-20)26-17-22(27-12-15-28-16-13-27)21-9-5-19(2)6-10-21;/h5-6,9-10,20,22H,3-4,7-8,11-18H2,1-2H3,(H2,24,25,26);1H. The first kappa shape index (κ1) is 25.4. The van der Waals surface area contributed by atoms with Crippen molar-refractivity contribution in [1.82, 2.24) is 15.5 Å². The molecule has 2 N–H and O–H groups in total. The Morgan fingerprint density at radius 2 is 1.93 bits per heavy atom. The molecule has 0 radical (unpaired) electrons. The molecule has 1 aliphatic carbocycles. The van der Waals surface area contributed by atoms with Crippen LogP contribution in [0.2, 0.25) is 0 Å². The van der Waals surface area contributed by atoms with Crippen molar-refractivity contribution in [3.8, 4) is 0 Å². The predicted molar refractivity (Wildman–Crippen MR) is 134 cm³/mol. The van der Waals surface area contributed by atoms with Crippen LogP contribution >= 0.6 is 24.0 Å². The van der Waals surface area contributed by atoms with Gasteiger partial charge in [0.05, 0.1) is 25.8 Å². The third-order valence-corrected chi connectivity index (χ3v) is 5.52. The van der Waals surface area contributed by atoms with Gasteiger partial charge in [0.2, 0.25) is 0 Å². The largest absolute Gasteiger partial charge is 0.381 e. The first-order valence-corrected chi connectivity index (χ1v) is 11.2. The summed E-state index contributed by atoms with van der Waals surface area (Å²) in [5.41, 5.74) is 2.61. The molecular weight excluding hydrogens is 491 g/mol. The van der Waals surface area contributed by atoms with Crippen molar-refractivity contribution >= 4 is 29.9 Å². The summed E-state index contributed by atoms with van der Waals surface area (Å²) in [6.45, 7) is 12.0. The van der Waals surface area contributed by atoms with Crippen molar-refractivity contribution in [3.63, 3.8) is 0 Å². The van der Waals surface area contributed by atoms with Gasteiger partial charge < -0.3 is 20.1 Å². The lowest BCUT2D eigenvalue weighted by Crippen LogP contribution is -2.42. The molecule has 30 heavy (non-hydrogen) atoms. The van der Waals surface area contributed by atoms with Crippen LogP contribution in [0.25, 0.3) is 0 Å². The van der Waals surface area contributed by atoms with Gasteiger partial charge in [0.25, 0.3) is 0 Å². The van der Waals surface area contributed by atoms with Gasteiger partial charge in [-0.2, -0.15) is 0 Å². The molecule has 2 fully saturated rings. The number of guanidine groups is 1. The fourth-order valence-electron chi connectivity index (χ4n) is 3.54. The third kappa shape index (κ3) is 9.08. The molecule has 1 aromatic rings. The number of ether oxygens (including phenoxy) is 2. The van der Waals surface area contributed by atoms with Gasteiger partial charge in [0, 0.05) is 39.4 Å². The Morgan fingerprint density at radius 1 is 1.20 bits per heavy atom. The number of benzene rings is 1. The zero-order valence-corrected chi connectivity index (χ0v) is 20.9. The summed E-state index contributed by atoms with van der Waals surface area (Å²) in [5, 5.41) is 6.83. The van der Waals surface area contributed by atoms with E-state index in [0.29, 0.717) is 0 Å². The summed E-state index contributed by atoms with van der Waals surface area (Å²) < 4.78 is 11.3. The van der Waals surface area contributed by atoms with Crippen molar-refractivity contribution in [3.05, 3.63) is 35.4 Å². The van der Waals surface area contributed by atoms with E-state index in [-0.39, 0.29) is 30.0 Å². The van der Waals surface area contributed by atoms with Crippen LogP contribution in [-0.4, -0.2) is 70.0 Å². The number of rotatable bonds is 11. The first-order valence-electron chi connectivity index (χ1n) is 11.2. The smallest absolute Gasteiger partial charge is 0.191 e. The first-order chi connectivity index (χ1) is 14.3. The maximum absolute atomic E-state index is 5.73. The topological polar surface area (TPSA) is 58.1 Å². The Balaban J connectivity index is 0.00000320. The van der Waals surface area contributed by atoms with Crippen molar-refractivity contribution in [2.24, 2.45) is 10.9 Å². The minimum atomic E-state index is 0. The second kappa shape index (κ2) is 14.2. The number of halogens is 1. The lowest BCUT2D eigenvalue weighted by Gasteiger charge is -2.34. The van der Waals surface area contributed by atoms with Crippen molar-refractivity contribution in [1.29, 1.82) is 0 Å².